The highest BCUT2D eigenvalue weighted by Gasteiger charge is 2.30. The Morgan fingerprint density at radius 1 is 1.30 bits per heavy atom. The lowest BCUT2D eigenvalue weighted by Gasteiger charge is -2.21. The maximum absolute atomic E-state index is 10.6. The third kappa shape index (κ3) is 2.68. The van der Waals surface area contributed by atoms with Gasteiger partial charge in [-0.15, -0.1) is 15.3 Å². The molecule has 0 amide bonds. The third-order valence-corrected chi connectivity index (χ3v) is 4.11. The van der Waals surface area contributed by atoms with Crippen LogP contribution in [0.5, 0.6) is 0 Å². The van der Waals surface area contributed by atoms with Crippen LogP contribution in [0.2, 0.25) is 0 Å². The van der Waals surface area contributed by atoms with Gasteiger partial charge >= 0.3 is 0 Å². The fourth-order valence-corrected chi connectivity index (χ4v) is 2.57. The predicted octanol–water partition coefficient (Wildman–Crippen LogP) is 2.22. The van der Waals surface area contributed by atoms with Gasteiger partial charge in [0.25, 0.3) is 0 Å². The number of hydrogen-bond acceptors (Lipinski definition) is 6. The van der Waals surface area contributed by atoms with Crippen molar-refractivity contribution in [2.75, 3.05) is 11.9 Å². The number of rotatable bonds is 5. The maximum Gasteiger partial charge on any atom is 0.178 e. The number of fused-ring (bicyclic) bond motifs is 1. The highest BCUT2D eigenvalue weighted by atomic mass is 16.4. The Bertz CT molecular complexity index is 847. The first kappa shape index (κ1) is 14.2. The monoisotopic (exact) mass is 313 g/mol. The summed E-state index contributed by atoms with van der Waals surface area (Å²) in [4.78, 5) is 0. The molecule has 1 fully saturated rings. The van der Waals surface area contributed by atoms with Crippen molar-refractivity contribution in [2.24, 2.45) is 0 Å². The molecule has 120 valence electrons. The summed E-state index contributed by atoms with van der Waals surface area (Å²) in [5, 5.41) is 26.6. The maximum atomic E-state index is 10.6. The summed E-state index contributed by atoms with van der Waals surface area (Å²) in [7, 11) is 0. The summed E-state index contributed by atoms with van der Waals surface area (Å²) >= 11 is 0. The number of nitrogens with zero attached hydrogens (tertiary/aromatic N) is 4. The summed E-state index contributed by atoms with van der Waals surface area (Å²) in [6, 6.07) is 7.34. The Labute approximate surface area is 133 Å². The molecule has 1 aliphatic carbocycles. The molecular formula is C16H19N5O2. The van der Waals surface area contributed by atoms with Crippen molar-refractivity contribution in [3.63, 3.8) is 0 Å². The van der Waals surface area contributed by atoms with Gasteiger partial charge in [0, 0.05) is 5.92 Å². The number of nitrogens with one attached hydrogen (secondary N) is 1. The fourth-order valence-electron chi connectivity index (χ4n) is 2.57. The zero-order chi connectivity index (χ0) is 16.0. The topological polar surface area (TPSA) is 88.5 Å². The zero-order valence-corrected chi connectivity index (χ0v) is 13.2. The average molecular weight is 313 g/mol. The van der Waals surface area contributed by atoms with Crippen LogP contribution in [0.4, 0.5) is 5.82 Å². The first-order valence-corrected chi connectivity index (χ1v) is 7.78. The molecule has 0 saturated heterocycles. The summed E-state index contributed by atoms with van der Waals surface area (Å²) in [5.74, 6) is 3.37. The second kappa shape index (κ2) is 5.06. The van der Waals surface area contributed by atoms with E-state index in [9.17, 15) is 5.11 Å². The molecule has 0 bridgehead atoms. The van der Waals surface area contributed by atoms with Gasteiger partial charge in [0.1, 0.15) is 22.9 Å². The lowest BCUT2D eigenvalue weighted by molar-refractivity contribution is 0.0467. The summed E-state index contributed by atoms with van der Waals surface area (Å²) in [5.41, 5.74) is -0.372. The van der Waals surface area contributed by atoms with E-state index in [1.54, 1.807) is 17.5 Å². The predicted molar refractivity (Wildman–Crippen MR) is 84.3 cm³/mol. The average Bonchev–Trinajstić information content (AvgIpc) is 3.12. The van der Waals surface area contributed by atoms with Gasteiger partial charge in [-0.1, -0.05) is 0 Å². The molecule has 0 spiro atoms. The molecule has 0 aliphatic heterocycles. The van der Waals surface area contributed by atoms with E-state index in [4.69, 9.17) is 4.42 Å². The Kier molecular flexibility index (Phi) is 3.12. The van der Waals surface area contributed by atoms with Crippen LogP contribution in [0.15, 0.2) is 28.7 Å². The first-order valence-electron chi connectivity index (χ1n) is 7.78. The van der Waals surface area contributed by atoms with Crippen LogP contribution in [0.3, 0.4) is 0 Å². The summed E-state index contributed by atoms with van der Waals surface area (Å²) in [6.45, 7) is 3.86. The lowest BCUT2D eigenvalue weighted by Crippen LogP contribution is -2.30. The minimum atomic E-state index is -1.11. The standard InChI is InChI=1S/C16H19N5O2/c1-10-3-6-12(23-10)16(2,22)9-17-13-7-8-14-18-19-15(11-4-5-11)21(14)20-13/h3,6-8,11,22H,4-5,9H2,1-2H3,(H,17,20). The lowest BCUT2D eigenvalue weighted by atomic mass is 10.0. The molecule has 23 heavy (non-hydrogen) atoms. The number of aliphatic hydroxyl groups is 1. The number of aromatic nitrogens is 4. The molecule has 1 saturated carbocycles. The van der Waals surface area contributed by atoms with Crippen molar-refractivity contribution in [3.05, 3.63) is 41.6 Å². The van der Waals surface area contributed by atoms with E-state index in [2.05, 4.69) is 20.6 Å². The molecule has 7 heteroatoms. The highest BCUT2D eigenvalue weighted by Crippen LogP contribution is 2.38. The van der Waals surface area contributed by atoms with Gasteiger partial charge in [-0.25, -0.2) is 0 Å². The molecule has 3 heterocycles. The van der Waals surface area contributed by atoms with Crippen molar-refractivity contribution in [3.8, 4) is 0 Å². The Hall–Kier alpha value is -2.41. The molecule has 4 rings (SSSR count). The number of aryl methyl sites for hydroxylation is 1. The number of hydrogen-bond donors (Lipinski definition) is 2. The molecule has 1 atom stereocenters. The minimum absolute atomic E-state index is 0.291. The largest absolute Gasteiger partial charge is 0.463 e. The third-order valence-electron chi connectivity index (χ3n) is 4.11. The Morgan fingerprint density at radius 2 is 2.13 bits per heavy atom. The van der Waals surface area contributed by atoms with Crippen molar-refractivity contribution in [2.45, 2.75) is 38.2 Å². The second-order valence-corrected chi connectivity index (χ2v) is 6.36. The SMILES string of the molecule is Cc1ccc(C(C)(O)CNc2ccc3nnc(C4CC4)n3n2)o1. The van der Waals surface area contributed by atoms with Crippen LogP contribution in [-0.4, -0.2) is 31.5 Å². The molecule has 7 nitrogen and oxygen atoms in total. The molecule has 2 N–H and O–H groups in total. The van der Waals surface area contributed by atoms with E-state index in [1.807, 2.05) is 25.1 Å². The van der Waals surface area contributed by atoms with Gasteiger partial charge in [-0.3, -0.25) is 0 Å². The van der Waals surface area contributed by atoms with E-state index in [1.165, 1.54) is 0 Å². The van der Waals surface area contributed by atoms with Crippen LogP contribution in [0.1, 0.15) is 43.0 Å². The highest BCUT2D eigenvalue weighted by molar-refractivity contribution is 5.44. The van der Waals surface area contributed by atoms with Gasteiger partial charge in [0.05, 0.1) is 6.54 Å². The Balaban J connectivity index is 1.54. The fraction of sp³-hybridized carbons (Fsp3) is 0.438. The van der Waals surface area contributed by atoms with Crippen LogP contribution in [0, 0.1) is 6.92 Å². The molecule has 0 aromatic carbocycles. The van der Waals surface area contributed by atoms with E-state index < -0.39 is 5.60 Å². The molecule has 3 aromatic heterocycles. The number of anilines is 1. The second-order valence-electron chi connectivity index (χ2n) is 6.36. The minimum Gasteiger partial charge on any atom is -0.463 e. The van der Waals surface area contributed by atoms with Gasteiger partial charge < -0.3 is 14.8 Å². The van der Waals surface area contributed by atoms with Crippen molar-refractivity contribution in [1.29, 1.82) is 0 Å². The molecule has 1 aliphatic rings. The molecule has 1 unspecified atom stereocenters. The first-order chi connectivity index (χ1) is 11.0. The molecule has 0 radical (unpaired) electrons. The quantitative estimate of drug-likeness (QED) is 0.751. The van der Waals surface area contributed by atoms with Crippen LogP contribution in [0.25, 0.3) is 5.65 Å². The van der Waals surface area contributed by atoms with Crippen molar-refractivity contribution < 1.29 is 9.52 Å². The Morgan fingerprint density at radius 3 is 2.83 bits per heavy atom. The number of furan rings is 1. The van der Waals surface area contributed by atoms with Gasteiger partial charge in [0.2, 0.25) is 0 Å². The van der Waals surface area contributed by atoms with E-state index in [0.717, 1.165) is 30.1 Å². The smallest absolute Gasteiger partial charge is 0.178 e. The summed E-state index contributed by atoms with van der Waals surface area (Å²) < 4.78 is 7.30. The van der Waals surface area contributed by atoms with Crippen LogP contribution < -0.4 is 5.32 Å². The van der Waals surface area contributed by atoms with Crippen molar-refractivity contribution >= 4 is 11.5 Å². The molecular weight excluding hydrogens is 294 g/mol. The van der Waals surface area contributed by atoms with Crippen LogP contribution in [-0.2, 0) is 5.60 Å². The van der Waals surface area contributed by atoms with E-state index in [-0.39, 0.29) is 0 Å². The van der Waals surface area contributed by atoms with Gasteiger partial charge in [-0.05, 0) is 51.0 Å². The zero-order valence-electron chi connectivity index (χ0n) is 13.2. The van der Waals surface area contributed by atoms with Crippen molar-refractivity contribution in [1.82, 2.24) is 19.8 Å². The van der Waals surface area contributed by atoms with Crippen LogP contribution >= 0.6 is 0 Å². The van der Waals surface area contributed by atoms with Gasteiger partial charge in [0.15, 0.2) is 11.5 Å². The normalized spacial score (nSPS) is 17.3. The van der Waals surface area contributed by atoms with Gasteiger partial charge in [-0.2, -0.15) is 4.52 Å². The van der Waals surface area contributed by atoms with E-state index in [0.29, 0.717) is 24.0 Å². The summed E-state index contributed by atoms with van der Waals surface area (Å²) in [6.07, 6.45) is 2.29. The molecule has 3 aromatic rings. The van der Waals surface area contributed by atoms with E-state index >= 15 is 0 Å².